The Labute approximate surface area is 159 Å². The molecular formula is C19H17N5O2S. The number of hydrogen-bond donors (Lipinski definition) is 2. The quantitative estimate of drug-likeness (QED) is 0.564. The van der Waals surface area contributed by atoms with Crippen LogP contribution in [0.4, 0.5) is 11.5 Å². The van der Waals surface area contributed by atoms with E-state index >= 15 is 0 Å². The number of nitrogen functional groups attached to an aromatic ring is 1. The normalized spacial score (nSPS) is 10.9. The predicted molar refractivity (Wildman–Crippen MR) is 107 cm³/mol. The predicted octanol–water partition coefficient (Wildman–Crippen LogP) is 3.67. The Bertz CT molecular complexity index is 1130. The van der Waals surface area contributed by atoms with Crippen molar-refractivity contribution in [1.29, 1.82) is 0 Å². The summed E-state index contributed by atoms with van der Waals surface area (Å²) in [5.74, 6) is 1.78. The van der Waals surface area contributed by atoms with Crippen LogP contribution in [0.3, 0.4) is 0 Å². The third-order valence-corrected chi connectivity index (χ3v) is 4.94. The first-order valence-corrected chi connectivity index (χ1v) is 9.08. The topological polar surface area (TPSA) is 94.5 Å². The van der Waals surface area contributed by atoms with E-state index in [2.05, 4.69) is 15.4 Å². The molecule has 0 atom stereocenters. The maximum atomic E-state index is 11.1. The molecule has 1 amide bonds. The fourth-order valence-corrected chi connectivity index (χ4v) is 3.56. The van der Waals surface area contributed by atoms with Gasteiger partial charge in [0.15, 0.2) is 11.5 Å². The number of nitrogens with one attached hydrogen (secondary N) is 1. The molecule has 0 fully saturated rings. The zero-order valence-corrected chi connectivity index (χ0v) is 15.6. The van der Waals surface area contributed by atoms with Gasteiger partial charge in [-0.2, -0.15) is 4.52 Å². The molecule has 4 rings (SSSR count). The first-order chi connectivity index (χ1) is 13.0. The van der Waals surface area contributed by atoms with Gasteiger partial charge in [-0.3, -0.25) is 4.79 Å². The molecule has 3 aromatic heterocycles. The average molecular weight is 379 g/mol. The number of thiophene rings is 1. The number of fused-ring (bicyclic) bond motifs is 1. The lowest BCUT2D eigenvalue weighted by Crippen LogP contribution is -2.05. The van der Waals surface area contributed by atoms with Crippen LogP contribution in [0.15, 0.2) is 47.8 Å². The number of nitrogens with two attached hydrogens (primary N) is 1. The van der Waals surface area contributed by atoms with Crippen LogP contribution in [-0.2, 0) is 4.79 Å². The van der Waals surface area contributed by atoms with Crippen molar-refractivity contribution >= 4 is 34.4 Å². The van der Waals surface area contributed by atoms with E-state index in [1.54, 1.807) is 11.6 Å². The number of carbonyl (C=O) groups excluding carboxylic acids is 1. The van der Waals surface area contributed by atoms with Gasteiger partial charge in [0.2, 0.25) is 5.91 Å². The van der Waals surface area contributed by atoms with Crippen LogP contribution in [-0.4, -0.2) is 27.6 Å². The maximum absolute atomic E-state index is 11.1. The van der Waals surface area contributed by atoms with Crippen molar-refractivity contribution in [1.82, 2.24) is 14.6 Å². The van der Waals surface area contributed by atoms with Crippen LogP contribution in [0, 0.1) is 0 Å². The summed E-state index contributed by atoms with van der Waals surface area (Å²) in [6.45, 7) is 1.48. The molecule has 0 spiro atoms. The average Bonchev–Trinajstić information content (AvgIpc) is 3.28. The van der Waals surface area contributed by atoms with Crippen LogP contribution < -0.4 is 15.8 Å². The zero-order chi connectivity index (χ0) is 19.0. The Hall–Kier alpha value is -3.39. The number of carbonyl (C=O) groups is 1. The summed E-state index contributed by atoms with van der Waals surface area (Å²) in [5.41, 5.74) is 9.51. The fraction of sp³-hybridized carbons (Fsp3) is 0.105. The molecule has 3 heterocycles. The van der Waals surface area contributed by atoms with Crippen LogP contribution in [0.25, 0.3) is 27.5 Å². The zero-order valence-electron chi connectivity index (χ0n) is 14.8. The summed E-state index contributed by atoms with van der Waals surface area (Å²) in [7, 11) is 1.63. The van der Waals surface area contributed by atoms with Gasteiger partial charge in [-0.05, 0) is 35.4 Å². The fourth-order valence-electron chi connectivity index (χ4n) is 2.77. The van der Waals surface area contributed by atoms with Gasteiger partial charge in [-0.25, -0.2) is 4.98 Å². The van der Waals surface area contributed by atoms with Crippen molar-refractivity contribution in [2.24, 2.45) is 0 Å². The summed E-state index contributed by atoms with van der Waals surface area (Å²) in [4.78, 5) is 16.7. The second-order valence-electron chi connectivity index (χ2n) is 5.98. The van der Waals surface area contributed by atoms with Crippen LogP contribution >= 0.6 is 11.3 Å². The number of hydrogen-bond acceptors (Lipinski definition) is 6. The standard InChI is InChI=1S/C19H17N5O2S/c1-11(25)21-14-5-3-12(4-6-14)13-7-17(20)24-18(8-13)22-19(23-24)16-9-15(26-2)10-27-16/h3-10H,20H2,1-2H3,(H,21,25). The Balaban J connectivity index is 1.71. The highest BCUT2D eigenvalue weighted by Gasteiger charge is 2.13. The SMILES string of the molecule is COc1csc(-c2nc3cc(-c4ccc(NC(C)=O)cc4)cc(N)n3n2)c1. The number of anilines is 2. The smallest absolute Gasteiger partial charge is 0.221 e. The van der Waals surface area contributed by atoms with E-state index in [1.807, 2.05) is 47.8 Å². The molecule has 7 nitrogen and oxygen atoms in total. The van der Waals surface area contributed by atoms with Crippen molar-refractivity contribution in [3.05, 3.63) is 47.8 Å². The van der Waals surface area contributed by atoms with Crippen LogP contribution in [0.2, 0.25) is 0 Å². The van der Waals surface area contributed by atoms with Gasteiger partial charge in [0.05, 0.1) is 12.0 Å². The Morgan fingerprint density at radius 3 is 2.63 bits per heavy atom. The summed E-state index contributed by atoms with van der Waals surface area (Å²) >= 11 is 1.52. The highest BCUT2D eigenvalue weighted by molar-refractivity contribution is 7.13. The Morgan fingerprint density at radius 1 is 1.19 bits per heavy atom. The van der Waals surface area contributed by atoms with E-state index in [0.29, 0.717) is 17.3 Å². The number of rotatable bonds is 4. The Kier molecular flexibility index (Phi) is 4.25. The lowest BCUT2D eigenvalue weighted by Gasteiger charge is -2.06. The summed E-state index contributed by atoms with van der Waals surface area (Å²) in [6, 6.07) is 13.3. The minimum Gasteiger partial charge on any atom is -0.496 e. The molecule has 8 heteroatoms. The van der Waals surface area contributed by atoms with E-state index < -0.39 is 0 Å². The van der Waals surface area contributed by atoms with Crippen molar-refractivity contribution in [3.8, 4) is 27.6 Å². The highest BCUT2D eigenvalue weighted by atomic mass is 32.1. The van der Waals surface area contributed by atoms with E-state index in [1.165, 1.54) is 18.3 Å². The third-order valence-electron chi connectivity index (χ3n) is 4.03. The lowest BCUT2D eigenvalue weighted by atomic mass is 10.1. The molecule has 0 aliphatic heterocycles. The van der Waals surface area contributed by atoms with Crippen LogP contribution in [0.5, 0.6) is 5.75 Å². The number of amides is 1. The number of aromatic nitrogens is 3. The van der Waals surface area contributed by atoms with Gasteiger partial charge in [-0.15, -0.1) is 16.4 Å². The molecule has 136 valence electrons. The number of ether oxygens (including phenoxy) is 1. The molecule has 0 saturated heterocycles. The number of benzene rings is 1. The van der Waals surface area contributed by atoms with E-state index in [0.717, 1.165) is 27.4 Å². The molecule has 0 radical (unpaired) electrons. The van der Waals surface area contributed by atoms with Gasteiger partial charge in [0.1, 0.15) is 11.6 Å². The largest absolute Gasteiger partial charge is 0.496 e. The van der Waals surface area contributed by atoms with E-state index in [9.17, 15) is 4.79 Å². The first-order valence-electron chi connectivity index (χ1n) is 8.21. The van der Waals surface area contributed by atoms with Gasteiger partial charge in [0.25, 0.3) is 0 Å². The van der Waals surface area contributed by atoms with Crippen molar-refractivity contribution < 1.29 is 9.53 Å². The van der Waals surface area contributed by atoms with Gasteiger partial charge in [-0.1, -0.05) is 12.1 Å². The second-order valence-corrected chi connectivity index (χ2v) is 6.89. The van der Waals surface area contributed by atoms with Gasteiger partial charge in [0, 0.05) is 24.1 Å². The number of methoxy groups -OCH3 is 1. The Morgan fingerprint density at radius 2 is 1.96 bits per heavy atom. The highest BCUT2D eigenvalue weighted by Crippen LogP contribution is 2.31. The third kappa shape index (κ3) is 3.34. The van der Waals surface area contributed by atoms with Crippen molar-refractivity contribution in [3.63, 3.8) is 0 Å². The van der Waals surface area contributed by atoms with Gasteiger partial charge < -0.3 is 15.8 Å². The van der Waals surface area contributed by atoms with Gasteiger partial charge >= 0.3 is 0 Å². The number of pyridine rings is 1. The van der Waals surface area contributed by atoms with Crippen molar-refractivity contribution in [2.75, 3.05) is 18.2 Å². The molecule has 0 aliphatic rings. The van der Waals surface area contributed by atoms with E-state index in [-0.39, 0.29) is 5.91 Å². The summed E-state index contributed by atoms with van der Waals surface area (Å²) in [5, 5.41) is 9.16. The number of nitrogens with zero attached hydrogens (tertiary/aromatic N) is 3. The molecule has 0 unspecified atom stereocenters. The molecule has 3 N–H and O–H groups in total. The van der Waals surface area contributed by atoms with E-state index in [4.69, 9.17) is 10.5 Å². The second kappa shape index (κ2) is 6.73. The molecule has 4 aromatic rings. The molecule has 0 aliphatic carbocycles. The van der Waals surface area contributed by atoms with Crippen LogP contribution in [0.1, 0.15) is 6.92 Å². The van der Waals surface area contributed by atoms with Crippen molar-refractivity contribution in [2.45, 2.75) is 6.92 Å². The minimum atomic E-state index is -0.102. The minimum absolute atomic E-state index is 0.102. The molecule has 1 aromatic carbocycles. The monoisotopic (exact) mass is 379 g/mol. The molecular weight excluding hydrogens is 362 g/mol. The summed E-state index contributed by atoms with van der Waals surface area (Å²) in [6.07, 6.45) is 0. The first kappa shape index (κ1) is 17.0. The lowest BCUT2D eigenvalue weighted by molar-refractivity contribution is -0.114. The molecule has 0 saturated carbocycles. The molecule has 27 heavy (non-hydrogen) atoms. The summed E-state index contributed by atoms with van der Waals surface area (Å²) < 4.78 is 6.84. The molecule has 0 bridgehead atoms. The maximum Gasteiger partial charge on any atom is 0.221 e.